The Hall–Kier alpha value is -2.43. The summed E-state index contributed by atoms with van der Waals surface area (Å²) in [5.41, 5.74) is 2.46. The quantitative estimate of drug-likeness (QED) is 0.844. The molecule has 2 aromatic rings. The number of nitrogens with zero attached hydrogens (tertiary/aromatic N) is 2. The number of carbonyl (C=O) groups excluding carboxylic acids is 1. The van der Waals surface area contributed by atoms with Gasteiger partial charge in [-0.25, -0.2) is 0 Å². The lowest BCUT2D eigenvalue weighted by molar-refractivity contribution is 0.0953. The highest BCUT2D eigenvalue weighted by atomic mass is 16.1. The second-order valence-electron chi connectivity index (χ2n) is 4.43. The van der Waals surface area contributed by atoms with E-state index in [1.807, 2.05) is 19.1 Å². The summed E-state index contributed by atoms with van der Waals surface area (Å²) >= 11 is 0. The molecule has 0 atom stereocenters. The molecule has 5 heteroatoms. The normalized spacial score (nSPS) is 10.1. The van der Waals surface area contributed by atoms with Crippen LogP contribution in [0, 0.1) is 0 Å². The van der Waals surface area contributed by atoms with Gasteiger partial charge in [0.15, 0.2) is 0 Å². The van der Waals surface area contributed by atoms with Crippen LogP contribution in [0.4, 0.5) is 5.69 Å². The van der Waals surface area contributed by atoms with Crippen LogP contribution < -0.4 is 10.6 Å². The molecule has 0 aromatic carbocycles. The zero-order valence-electron chi connectivity index (χ0n) is 11.5. The van der Waals surface area contributed by atoms with Crippen molar-refractivity contribution in [1.29, 1.82) is 0 Å². The van der Waals surface area contributed by atoms with E-state index in [0.29, 0.717) is 18.7 Å². The van der Waals surface area contributed by atoms with E-state index in [0.717, 1.165) is 17.7 Å². The highest BCUT2D eigenvalue weighted by molar-refractivity contribution is 5.94. The number of hydrogen-bond donors (Lipinski definition) is 2. The first-order valence-corrected chi connectivity index (χ1v) is 6.65. The van der Waals surface area contributed by atoms with Crippen molar-refractivity contribution < 1.29 is 4.79 Å². The monoisotopic (exact) mass is 270 g/mol. The summed E-state index contributed by atoms with van der Waals surface area (Å²) in [5.74, 6) is -0.0932. The smallest absolute Gasteiger partial charge is 0.252 e. The molecule has 0 bridgehead atoms. The van der Waals surface area contributed by atoms with Crippen molar-refractivity contribution in [3.8, 4) is 0 Å². The number of rotatable bonds is 6. The van der Waals surface area contributed by atoms with E-state index in [1.54, 1.807) is 30.9 Å². The second kappa shape index (κ2) is 7.23. The van der Waals surface area contributed by atoms with Gasteiger partial charge in [0.1, 0.15) is 0 Å². The lowest BCUT2D eigenvalue weighted by Crippen LogP contribution is -2.24. The standard InChI is InChI=1S/C15H18N4O/c1-2-5-18-15(20)13-7-14(11-17-10-13)19-9-12-4-3-6-16-8-12/h3-4,6-8,10-11,19H,2,5,9H2,1H3,(H,18,20). The van der Waals surface area contributed by atoms with E-state index in [9.17, 15) is 4.79 Å². The Labute approximate surface area is 118 Å². The van der Waals surface area contributed by atoms with Gasteiger partial charge in [-0.15, -0.1) is 0 Å². The fourth-order valence-corrected chi connectivity index (χ4v) is 1.71. The number of aromatic nitrogens is 2. The van der Waals surface area contributed by atoms with Gasteiger partial charge in [0.25, 0.3) is 5.91 Å². The molecule has 2 N–H and O–H groups in total. The van der Waals surface area contributed by atoms with Gasteiger partial charge in [-0.1, -0.05) is 13.0 Å². The summed E-state index contributed by atoms with van der Waals surface area (Å²) in [5, 5.41) is 6.06. The van der Waals surface area contributed by atoms with Crippen LogP contribution in [0.2, 0.25) is 0 Å². The van der Waals surface area contributed by atoms with Crippen LogP contribution in [0.25, 0.3) is 0 Å². The first-order chi connectivity index (χ1) is 9.79. The molecule has 2 heterocycles. The summed E-state index contributed by atoms with van der Waals surface area (Å²) in [6, 6.07) is 5.68. The van der Waals surface area contributed by atoms with Crippen LogP contribution in [0.5, 0.6) is 0 Å². The molecule has 0 radical (unpaired) electrons. The molecule has 1 amide bonds. The summed E-state index contributed by atoms with van der Waals surface area (Å²) in [7, 11) is 0. The summed E-state index contributed by atoms with van der Waals surface area (Å²) in [4.78, 5) is 20.0. The molecule has 0 aliphatic heterocycles. The minimum atomic E-state index is -0.0932. The van der Waals surface area contributed by atoms with Crippen LogP contribution >= 0.6 is 0 Å². The molecule has 0 spiro atoms. The van der Waals surface area contributed by atoms with E-state index in [-0.39, 0.29) is 5.91 Å². The van der Waals surface area contributed by atoms with Gasteiger partial charge in [-0.2, -0.15) is 0 Å². The van der Waals surface area contributed by atoms with Crippen molar-refractivity contribution >= 4 is 11.6 Å². The van der Waals surface area contributed by atoms with E-state index in [2.05, 4.69) is 20.6 Å². The molecule has 20 heavy (non-hydrogen) atoms. The van der Waals surface area contributed by atoms with Crippen LogP contribution in [-0.4, -0.2) is 22.4 Å². The molecular formula is C15H18N4O. The fraction of sp³-hybridized carbons (Fsp3) is 0.267. The summed E-state index contributed by atoms with van der Waals surface area (Å²) in [6.07, 6.45) is 7.73. The molecule has 5 nitrogen and oxygen atoms in total. The molecule has 104 valence electrons. The third-order valence-electron chi connectivity index (χ3n) is 2.76. The molecule has 0 unspecified atom stereocenters. The topological polar surface area (TPSA) is 66.9 Å². The Kier molecular flexibility index (Phi) is 5.06. The van der Waals surface area contributed by atoms with Crippen molar-refractivity contribution in [2.24, 2.45) is 0 Å². The number of pyridine rings is 2. The SMILES string of the molecule is CCCNC(=O)c1cncc(NCc2cccnc2)c1. The van der Waals surface area contributed by atoms with Crippen molar-refractivity contribution in [2.45, 2.75) is 19.9 Å². The molecule has 0 fully saturated rings. The van der Waals surface area contributed by atoms with Crippen LogP contribution in [-0.2, 0) is 6.54 Å². The maximum absolute atomic E-state index is 11.8. The van der Waals surface area contributed by atoms with E-state index < -0.39 is 0 Å². The van der Waals surface area contributed by atoms with Gasteiger partial charge in [-0.05, 0) is 24.1 Å². The highest BCUT2D eigenvalue weighted by Crippen LogP contribution is 2.10. The number of anilines is 1. The van der Waals surface area contributed by atoms with Crippen LogP contribution in [0.3, 0.4) is 0 Å². The Morgan fingerprint density at radius 2 is 2.15 bits per heavy atom. The predicted octanol–water partition coefficient (Wildman–Crippen LogP) is 2.23. The van der Waals surface area contributed by atoms with Crippen LogP contribution in [0.15, 0.2) is 43.0 Å². The predicted molar refractivity (Wildman–Crippen MR) is 78.4 cm³/mol. The van der Waals surface area contributed by atoms with Gasteiger partial charge in [0.05, 0.1) is 11.3 Å². The first-order valence-electron chi connectivity index (χ1n) is 6.65. The largest absolute Gasteiger partial charge is 0.380 e. The molecule has 0 saturated carbocycles. The maximum Gasteiger partial charge on any atom is 0.252 e. The Balaban J connectivity index is 1.97. The first kappa shape index (κ1) is 14.0. The highest BCUT2D eigenvalue weighted by Gasteiger charge is 2.05. The Morgan fingerprint density at radius 1 is 1.25 bits per heavy atom. The van der Waals surface area contributed by atoms with Crippen molar-refractivity contribution in [2.75, 3.05) is 11.9 Å². The maximum atomic E-state index is 11.8. The lowest BCUT2D eigenvalue weighted by atomic mass is 10.2. The average molecular weight is 270 g/mol. The number of amides is 1. The third-order valence-corrected chi connectivity index (χ3v) is 2.76. The van der Waals surface area contributed by atoms with Crippen LogP contribution in [0.1, 0.15) is 29.3 Å². The van der Waals surface area contributed by atoms with E-state index >= 15 is 0 Å². The second-order valence-corrected chi connectivity index (χ2v) is 4.43. The molecule has 2 rings (SSSR count). The molecule has 0 saturated heterocycles. The van der Waals surface area contributed by atoms with E-state index in [1.165, 1.54) is 0 Å². The number of hydrogen-bond acceptors (Lipinski definition) is 4. The minimum Gasteiger partial charge on any atom is -0.380 e. The van der Waals surface area contributed by atoms with Gasteiger partial charge < -0.3 is 10.6 Å². The average Bonchev–Trinajstić information content (AvgIpc) is 2.52. The number of nitrogens with one attached hydrogen (secondary N) is 2. The van der Waals surface area contributed by atoms with E-state index in [4.69, 9.17) is 0 Å². The van der Waals surface area contributed by atoms with Crippen molar-refractivity contribution in [1.82, 2.24) is 15.3 Å². The molecule has 2 aromatic heterocycles. The van der Waals surface area contributed by atoms with Crippen molar-refractivity contribution in [3.05, 3.63) is 54.1 Å². The molecular weight excluding hydrogens is 252 g/mol. The third kappa shape index (κ3) is 4.05. The van der Waals surface area contributed by atoms with Gasteiger partial charge in [0, 0.05) is 37.9 Å². The summed E-state index contributed by atoms with van der Waals surface area (Å²) < 4.78 is 0. The zero-order chi connectivity index (χ0) is 14.2. The Morgan fingerprint density at radius 3 is 2.90 bits per heavy atom. The summed E-state index contributed by atoms with van der Waals surface area (Å²) in [6.45, 7) is 3.34. The van der Waals surface area contributed by atoms with Gasteiger partial charge in [0.2, 0.25) is 0 Å². The lowest BCUT2D eigenvalue weighted by Gasteiger charge is -2.08. The fourth-order valence-electron chi connectivity index (χ4n) is 1.71. The molecule has 0 aliphatic carbocycles. The number of carbonyl (C=O) groups is 1. The molecule has 0 aliphatic rings. The van der Waals surface area contributed by atoms with Gasteiger partial charge >= 0.3 is 0 Å². The minimum absolute atomic E-state index is 0.0932. The van der Waals surface area contributed by atoms with Gasteiger partial charge in [-0.3, -0.25) is 14.8 Å². The zero-order valence-corrected chi connectivity index (χ0v) is 11.5. The Bertz CT molecular complexity index is 557. The van der Waals surface area contributed by atoms with Crippen molar-refractivity contribution in [3.63, 3.8) is 0 Å².